The molecule has 0 amide bonds. The zero-order chi connectivity index (χ0) is 35.7. The minimum Gasteiger partial charge on any atom is -0.296 e. The summed E-state index contributed by atoms with van der Waals surface area (Å²) in [5.41, 5.74) is 12.8. The van der Waals surface area contributed by atoms with Gasteiger partial charge in [0, 0.05) is 54.6 Å². The van der Waals surface area contributed by atoms with Crippen molar-refractivity contribution in [3.63, 3.8) is 0 Å². The fourth-order valence-electron chi connectivity index (χ4n) is 7.17. The maximum absolute atomic E-state index is 5.15. The van der Waals surface area contributed by atoms with Gasteiger partial charge in [-0.2, -0.15) is 0 Å². The molecule has 4 aromatic carbocycles. The van der Waals surface area contributed by atoms with Crippen LogP contribution in [0, 0.1) is 6.07 Å². The van der Waals surface area contributed by atoms with Crippen molar-refractivity contribution in [3.05, 3.63) is 138 Å². The van der Waals surface area contributed by atoms with E-state index < -0.39 is 0 Å². The molecule has 0 saturated carbocycles. The minimum absolute atomic E-state index is 0. The monoisotopic (exact) mass is 857 g/mol. The molecule has 0 N–H and O–H groups in total. The molecule has 0 bridgehead atoms. The van der Waals surface area contributed by atoms with Crippen molar-refractivity contribution in [2.45, 2.75) is 71.6 Å². The molecule has 52 heavy (non-hydrogen) atoms. The molecular formula is C46H42IrN5-. The Morgan fingerprint density at radius 2 is 1.15 bits per heavy atom. The SMILES string of the molecule is CC(C)(C)c1ccc(-c2nc(-c3ccc(C(C)(C)C)cc3)nc(-c3cc(-c4[c-]cc5c(c4)C(C)(C)c4ccccc4-5)nc4ccncc34)n2)cc1.[Ir]. The molecule has 5 nitrogen and oxygen atoms in total. The number of nitrogens with zero attached hydrogens (tertiary/aromatic N) is 5. The summed E-state index contributed by atoms with van der Waals surface area (Å²) in [6, 6.07) is 37.8. The van der Waals surface area contributed by atoms with Crippen LogP contribution in [0.25, 0.3) is 67.5 Å². The second-order valence-electron chi connectivity index (χ2n) is 16.3. The molecule has 3 aromatic heterocycles. The summed E-state index contributed by atoms with van der Waals surface area (Å²) in [5.74, 6) is 1.81. The first kappa shape index (κ1) is 35.5. The normalized spacial score (nSPS) is 13.4. The molecule has 1 radical (unpaired) electrons. The van der Waals surface area contributed by atoms with Crippen LogP contribution in [0.15, 0.2) is 109 Å². The smallest absolute Gasteiger partial charge is 0.164 e. The predicted octanol–water partition coefficient (Wildman–Crippen LogP) is 11.2. The van der Waals surface area contributed by atoms with E-state index in [1.165, 1.54) is 33.4 Å². The van der Waals surface area contributed by atoms with Gasteiger partial charge in [0.05, 0.1) is 5.52 Å². The second kappa shape index (κ2) is 12.9. The third-order valence-electron chi connectivity index (χ3n) is 10.3. The Kier molecular flexibility index (Phi) is 8.84. The summed E-state index contributed by atoms with van der Waals surface area (Å²) in [5, 5.41) is 0.879. The summed E-state index contributed by atoms with van der Waals surface area (Å²) in [6.45, 7) is 17.9. The van der Waals surface area contributed by atoms with Gasteiger partial charge in [-0.15, -0.1) is 29.3 Å². The van der Waals surface area contributed by atoms with Gasteiger partial charge >= 0.3 is 0 Å². The van der Waals surface area contributed by atoms with E-state index in [0.29, 0.717) is 17.5 Å². The van der Waals surface area contributed by atoms with E-state index in [-0.39, 0.29) is 36.4 Å². The molecule has 6 heteroatoms. The molecule has 8 rings (SSSR count). The quantitative estimate of drug-likeness (QED) is 0.165. The van der Waals surface area contributed by atoms with E-state index in [4.69, 9.17) is 19.9 Å². The molecule has 0 unspecified atom stereocenters. The molecule has 1 aliphatic rings. The molecule has 0 atom stereocenters. The zero-order valence-corrected chi connectivity index (χ0v) is 33.4. The van der Waals surface area contributed by atoms with Crippen molar-refractivity contribution in [1.82, 2.24) is 24.9 Å². The van der Waals surface area contributed by atoms with Crippen molar-refractivity contribution < 1.29 is 20.1 Å². The number of pyridine rings is 2. The Hall–Kier alpha value is -4.90. The van der Waals surface area contributed by atoms with E-state index in [2.05, 4.69) is 157 Å². The zero-order valence-electron chi connectivity index (χ0n) is 31.0. The summed E-state index contributed by atoms with van der Waals surface area (Å²) in [7, 11) is 0. The van der Waals surface area contributed by atoms with Crippen molar-refractivity contribution in [2.24, 2.45) is 0 Å². The van der Waals surface area contributed by atoms with E-state index in [9.17, 15) is 0 Å². The Morgan fingerprint density at radius 3 is 1.75 bits per heavy atom. The number of aromatic nitrogens is 5. The van der Waals surface area contributed by atoms with Crippen molar-refractivity contribution in [2.75, 3.05) is 0 Å². The fourth-order valence-corrected chi connectivity index (χ4v) is 7.17. The van der Waals surface area contributed by atoms with E-state index >= 15 is 0 Å². The molecule has 0 saturated heterocycles. The van der Waals surface area contributed by atoms with Gasteiger partial charge in [-0.3, -0.25) is 9.97 Å². The van der Waals surface area contributed by atoms with Crippen LogP contribution in [0.2, 0.25) is 0 Å². The third kappa shape index (κ3) is 6.29. The van der Waals surface area contributed by atoms with Crippen LogP contribution in [-0.2, 0) is 36.4 Å². The minimum atomic E-state index is -0.136. The molecule has 7 aromatic rings. The van der Waals surface area contributed by atoms with Crippen LogP contribution in [0.5, 0.6) is 0 Å². The predicted molar refractivity (Wildman–Crippen MR) is 208 cm³/mol. The number of benzene rings is 4. The number of hydrogen-bond donors (Lipinski definition) is 0. The third-order valence-corrected chi connectivity index (χ3v) is 10.3. The Balaban J connectivity index is 0.00000420. The molecule has 0 spiro atoms. The van der Waals surface area contributed by atoms with Gasteiger partial charge in [0.15, 0.2) is 17.5 Å². The molecular weight excluding hydrogens is 815 g/mol. The molecule has 261 valence electrons. The van der Waals surface area contributed by atoms with Crippen LogP contribution in [0.3, 0.4) is 0 Å². The second-order valence-corrected chi connectivity index (χ2v) is 16.3. The van der Waals surface area contributed by atoms with E-state index in [1.54, 1.807) is 6.20 Å². The van der Waals surface area contributed by atoms with Gasteiger partial charge in [-0.05, 0) is 44.7 Å². The maximum atomic E-state index is 5.15. The van der Waals surface area contributed by atoms with Gasteiger partial charge in [0.25, 0.3) is 0 Å². The Bertz CT molecular complexity index is 2380. The number of hydrogen-bond acceptors (Lipinski definition) is 5. The average Bonchev–Trinajstić information content (AvgIpc) is 3.36. The van der Waals surface area contributed by atoms with Crippen LogP contribution in [0.4, 0.5) is 0 Å². The van der Waals surface area contributed by atoms with Gasteiger partial charge in [0.2, 0.25) is 0 Å². The molecule has 0 fully saturated rings. The van der Waals surface area contributed by atoms with Crippen molar-refractivity contribution >= 4 is 10.9 Å². The van der Waals surface area contributed by atoms with Crippen LogP contribution in [-0.4, -0.2) is 24.9 Å². The first-order chi connectivity index (χ1) is 24.3. The molecule has 0 aliphatic heterocycles. The summed E-state index contributed by atoms with van der Waals surface area (Å²) >= 11 is 0. The number of fused-ring (bicyclic) bond motifs is 4. The summed E-state index contributed by atoms with van der Waals surface area (Å²) in [4.78, 5) is 25.0. The van der Waals surface area contributed by atoms with Crippen LogP contribution in [0.1, 0.15) is 77.6 Å². The summed E-state index contributed by atoms with van der Waals surface area (Å²) < 4.78 is 0. The van der Waals surface area contributed by atoms with Crippen molar-refractivity contribution in [3.8, 4) is 56.5 Å². The molecule has 1 aliphatic carbocycles. The standard InChI is InChI=1S/C46H42N5.Ir/c1-44(2,3)31-18-13-28(14-19-31)41-49-42(29-15-20-32(21-16-29)45(4,5)6)51-43(50-41)35-26-40(48-39-23-24-47-27-36(35)39)30-17-22-34-33-11-9-10-12-37(33)46(7,8)38(34)25-30;/h9-16,18-27H,1-8H3;/q-1;. The van der Waals surface area contributed by atoms with Crippen LogP contribution < -0.4 is 0 Å². The topological polar surface area (TPSA) is 64.5 Å². The maximum Gasteiger partial charge on any atom is 0.164 e. The van der Waals surface area contributed by atoms with Gasteiger partial charge in [-0.1, -0.05) is 145 Å². The van der Waals surface area contributed by atoms with Gasteiger partial charge < -0.3 is 0 Å². The van der Waals surface area contributed by atoms with E-state index in [0.717, 1.165) is 38.9 Å². The number of rotatable bonds is 4. The van der Waals surface area contributed by atoms with Gasteiger partial charge in [-0.25, -0.2) is 15.0 Å². The Labute approximate surface area is 320 Å². The van der Waals surface area contributed by atoms with Gasteiger partial charge in [0.1, 0.15) is 0 Å². The molecule has 3 heterocycles. The first-order valence-corrected chi connectivity index (χ1v) is 17.7. The largest absolute Gasteiger partial charge is 0.296 e. The average molecular weight is 857 g/mol. The Morgan fingerprint density at radius 1 is 0.577 bits per heavy atom. The van der Waals surface area contributed by atoms with Crippen LogP contribution >= 0.6 is 0 Å². The fraction of sp³-hybridized carbons (Fsp3) is 0.239. The first-order valence-electron chi connectivity index (χ1n) is 17.7. The van der Waals surface area contributed by atoms with Crippen molar-refractivity contribution in [1.29, 1.82) is 0 Å². The van der Waals surface area contributed by atoms with E-state index in [1.807, 2.05) is 12.3 Å². The summed E-state index contributed by atoms with van der Waals surface area (Å²) in [6.07, 6.45) is 3.64.